The summed E-state index contributed by atoms with van der Waals surface area (Å²) in [6, 6.07) is 9.04. The third-order valence-electron chi connectivity index (χ3n) is 3.51. The predicted octanol–water partition coefficient (Wildman–Crippen LogP) is 1.66. The Morgan fingerprint density at radius 3 is 2.67 bits per heavy atom. The number of morpholine rings is 1. The highest BCUT2D eigenvalue weighted by Gasteiger charge is 2.27. The maximum atomic E-state index is 12.3. The molecule has 0 saturated carbocycles. The second kappa shape index (κ2) is 5.76. The lowest BCUT2D eigenvalue weighted by molar-refractivity contribution is 0.0723. The van der Waals surface area contributed by atoms with Gasteiger partial charge in [-0.25, -0.2) is 0 Å². The van der Waals surface area contributed by atoms with Crippen LogP contribution in [0.1, 0.15) is 18.7 Å². The van der Waals surface area contributed by atoms with Gasteiger partial charge in [-0.2, -0.15) is 17.4 Å². The van der Waals surface area contributed by atoms with E-state index in [1.54, 1.807) is 6.92 Å². The van der Waals surface area contributed by atoms with Crippen LogP contribution in [-0.4, -0.2) is 39.0 Å². The molecule has 7 heteroatoms. The number of para-hydroxylation sites is 1. The highest BCUT2D eigenvalue weighted by Crippen LogP contribution is 2.24. The van der Waals surface area contributed by atoms with Crippen LogP contribution in [0.3, 0.4) is 0 Å². The maximum absolute atomic E-state index is 12.3. The van der Waals surface area contributed by atoms with Crippen molar-refractivity contribution in [1.82, 2.24) is 9.03 Å². The van der Waals surface area contributed by atoms with Crippen molar-refractivity contribution >= 4 is 21.2 Å². The predicted molar refractivity (Wildman–Crippen MR) is 79.1 cm³/mol. The van der Waals surface area contributed by atoms with Crippen LogP contribution in [-0.2, 0) is 14.9 Å². The van der Waals surface area contributed by atoms with E-state index < -0.39 is 16.3 Å². The molecule has 1 aromatic heterocycles. The normalized spacial score (nSPS) is 18.9. The summed E-state index contributed by atoms with van der Waals surface area (Å²) < 4.78 is 39.5. The van der Waals surface area contributed by atoms with E-state index >= 15 is 0 Å². The Morgan fingerprint density at radius 1 is 1.24 bits per heavy atom. The lowest BCUT2D eigenvalue weighted by Crippen LogP contribution is -2.47. The average Bonchev–Trinajstić information content (AvgIpc) is 2.92. The number of fused-ring (bicyclic) bond motifs is 1. The first-order valence-electron chi connectivity index (χ1n) is 6.90. The highest BCUT2D eigenvalue weighted by molar-refractivity contribution is 7.87. The van der Waals surface area contributed by atoms with E-state index in [1.807, 2.05) is 30.3 Å². The molecule has 3 rings (SSSR count). The van der Waals surface area contributed by atoms with Crippen LogP contribution >= 0.6 is 0 Å². The fourth-order valence-corrected chi connectivity index (χ4v) is 3.70. The van der Waals surface area contributed by atoms with Crippen molar-refractivity contribution in [1.29, 1.82) is 0 Å². The lowest BCUT2D eigenvalue weighted by atomic mass is 10.2. The van der Waals surface area contributed by atoms with Gasteiger partial charge >= 0.3 is 0 Å². The van der Waals surface area contributed by atoms with Gasteiger partial charge in [-0.1, -0.05) is 18.2 Å². The van der Waals surface area contributed by atoms with Crippen LogP contribution in [0.25, 0.3) is 11.0 Å². The van der Waals surface area contributed by atoms with E-state index in [2.05, 4.69) is 4.72 Å². The average molecular weight is 310 g/mol. The number of hydrogen-bond acceptors (Lipinski definition) is 4. The van der Waals surface area contributed by atoms with Crippen LogP contribution < -0.4 is 4.72 Å². The fourth-order valence-electron chi connectivity index (χ4n) is 2.36. The molecule has 1 N–H and O–H groups in total. The Morgan fingerprint density at radius 2 is 1.95 bits per heavy atom. The van der Waals surface area contributed by atoms with Crippen molar-refractivity contribution in [3.8, 4) is 0 Å². The van der Waals surface area contributed by atoms with Gasteiger partial charge in [0.1, 0.15) is 11.3 Å². The second-order valence-electron chi connectivity index (χ2n) is 5.04. The molecular formula is C14H18N2O4S. The van der Waals surface area contributed by atoms with Gasteiger partial charge in [0.15, 0.2) is 0 Å². The summed E-state index contributed by atoms with van der Waals surface area (Å²) in [4.78, 5) is 0. The zero-order valence-electron chi connectivity index (χ0n) is 11.8. The zero-order chi connectivity index (χ0) is 14.9. The number of ether oxygens (including phenoxy) is 1. The molecule has 1 aliphatic heterocycles. The third-order valence-corrected chi connectivity index (χ3v) is 5.20. The van der Waals surface area contributed by atoms with E-state index in [0.29, 0.717) is 32.1 Å². The summed E-state index contributed by atoms with van der Waals surface area (Å²) in [6.07, 6.45) is 0. The molecule has 0 bridgehead atoms. The van der Waals surface area contributed by atoms with Crippen LogP contribution in [0, 0.1) is 0 Å². The summed E-state index contributed by atoms with van der Waals surface area (Å²) in [6.45, 7) is 3.39. The van der Waals surface area contributed by atoms with Crippen molar-refractivity contribution in [3.63, 3.8) is 0 Å². The smallest absolute Gasteiger partial charge is 0.280 e. The van der Waals surface area contributed by atoms with Gasteiger partial charge in [0.2, 0.25) is 0 Å². The van der Waals surface area contributed by atoms with Gasteiger partial charge in [0.05, 0.1) is 19.3 Å². The SMILES string of the molecule is C[C@H](NS(=O)(=O)N1CCOCC1)c1cc2ccccc2o1. The molecule has 2 heterocycles. The van der Waals surface area contributed by atoms with Crippen LogP contribution in [0.15, 0.2) is 34.7 Å². The van der Waals surface area contributed by atoms with E-state index in [1.165, 1.54) is 4.31 Å². The monoisotopic (exact) mass is 310 g/mol. The van der Waals surface area contributed by atoms with Gasteiger partial charge < -0.3 is 9.15 Å². The molecule has 0 unspecified atom stereocenters. The molecular weight excluding hydrogens is 292 g/mol. The lowest BCUT2D eigenvalue weighted by Gasteiger charge is -2.27. The van der Waals surface area contributed by atoms with Crippen LogP contribution in [0.4, 0.5) is 0 Å². The first-order valence-corrected chi connectivity index (χ1v) is 8.34. The highest BCUT2D eigenvalue weighted by atomic mass is 32.2. The molecule has 2 aromatic rings. The third kappa shape index (κ3) is 3.11. The minimum absolute atomic E-state index is 0.377. The van der Waals surface area contributed by atoms with Crippen molar-refractivity contribution in [2.45, 2.75) is 13.0 Å². The summed E-state index contributed by atoms with van der Waals surface area (Å²) in [5.74, 6) is 0.605. The number of benzene rings is 1. The molecule has 1 atom stereocenters. The van der Waals surface area contributed by atoms with Crippen molar-refractivity contribution in [2.75, 3.05) is 26.3 Å². The topological polar surface area (TPSA) is 71.8 Å². The Balaban J connectivity index is 1.77. The van der Waals surface area contributed by atoms with Crippen LogP contribution in [0.5, 0.6) is 0 Å². The Labute approximate surface area is 123 Å². The van der Waals surface area contributed by atoms with E-state index in [0.717, 1.165) is 11.0 Å². The second-order valence-corrected chi connectivity index (χ2v) is 6.74. The number of rotatable bonds is 4. The van der Waals surface area contributed by atoms with Gasteiger partial charge in [-0.3, -0.25) is 0 Å². The first-order chi connectivity index (χ1) is 10.1. The largest absolute Gasteiger partial charge is 0.459 e. The fraction of sp³-hybridized carbons (Fsp3) is 0.429. The Hall–Kier alpha value is -1.41. The standard InChI is InChI=1S/C14H18N2O4S/c1-11(14-10-12-4-2-3-5-13(12)20-14)15-21(17,18)16-6-8-19-9-7-16/h2-5,10-11,15H,6-9H2,1H3/t11-/m0/s1. The molecule has 0 aliphatic carbocycles. The quantitative estimate of drug-likeness (QED) is 0.932. The van der Waals surface area contributed by atoms with Crippen molar-refractivity contribution < 1.29 is 17.6 Å². The van der Waals surface area contributed by atoms with Gasteiger partial charge in [0, 0.05) is 18.5 Å². The summed E-state index contributed by atoms with van der Waals surface area (Å²) in [5, 5.41) is 0.963. The van der Waals surface area contributed by atoms with Crippen LogP contribution in [0.2, 0.25) is 0 Å². The summed E-state index contributed by atoms with van der Waals surface area (Å²) in [7, 11) is -3.52. The summed E-state index contributed by atoms with van der Waals surface area (Å²) in [5.41, 5.74) is 0.755. The Bertz CT molecular complexity index is 686. The number of hydrogen-bond donors (Lipinski definition) is 1. The number of furan rings is 1. The van der Waals surface area contributed by atoms with Crippen molar-refractivity contribution in [2.24, 2.45) is 0 Å². The van der Waals surface area contributed by atoms with Gasteiger partial charge in [0.25, 0.3) is 10.2 Å². The van der Waals surface area contributed by atoms with E-state index in [-0.39, 0.29) is 0 Å². The molecule has 1 aromatic carbocycles. The molecule has 6 nitrogen and oxygen atoms in total. The molecule has 0 radical (unpaired) electrons. The maximum Gasteiger partial charge on any atom is 0.280 e. The molecule has 1 aliphatic rings. The molecule has 1 fully saturated rings. The molecule has 21 heavy (non-hydrogen) atoms. The molecule has 114 valence electrons. The Kier molecular flexibility index (Phi) is 3.99. The van der Waals surface area contributed by atoms with E-state index in [4.69, 9.17) is 9.15 Å². The van der Waals surface area contributed by atoms with E-state index in [9.17, 15) is 8.42 Å². The minimum atomic E-state index is -3.52. The molecule has 1 saturated heterocycles. The van der Waals surface area contributed by atoms with Gasteiger partial charge in [-0.15, -0.1) is 0 Å². The molecule has 0 spiro atoms. The van der Waals surface area contributed by atoms with Gasteiger partial charge in [-0.05, 0) is 19.1 Å². The zero-order valence-corrected chi connectivity index (χ0v) is 12.6. The molecule has 0 amide bonds. The minimum Gasteiger partial charge on any atom is -0.459 e. The number of nitrogens with one attached hydrogen (secondary N) is 1. The van der Waals surface area contributed by atoms with Crippen molar-refractivity contribution in [3.05, 3.63) is 36.1 Å². The number of nitrogens with zero attached hydrogens (tertiary/aromatic N) is 1. The summed E-state index contributed by atoms with van der Waals surface area (Å²) >= 11 is 0. The first kappa shape index (κ1) is 14.5.